The van der Waals surface area contributed by atoms with Gasteiger partial charge in [0.15, 0.2) is 0 Å². The molecule has 0 bridgehead atoms. The molecule has 0 fully saturated rings. The number of aliphatic hydroxyl groups is 2. The first-order valence-corrected chi connectivity index (χ1v) is 20.3. The Morgan fingerprint density at radius 3 is 1.00 bits per heavy atom. The fourth-order valence-corrected chi connectivity index (χ4v) is 15.9. The SMILES string of the molecule is CC(O)C(O)N(CCO[Si](c1ccccc1)(c1ccccc1)C(C)(C)C)CCO[Si](c1ccccc1)(c1ccccc1)C(C)(C)C. The molecule has 5 nitrogen and oxygen atoms in total. The van der Waals surface area contributed by atoms with Gasteiger partial charge in [0, 0.05) is 26.3 Å². The van der Waals surface area contributed by atoms with Gasteiger partial charge in [-0.05, 0) is 37.7 Å². The van der Waals surface area contributed by atoms with Crippen LogP contribution in [-0.2, 0) is 8.85 Å². The first kappa shape index (κ1) is 36.0. The van der Waals surface area contributed by atoms with Gasteiger partial charge in [-0.2, -0.15) is 0 Å². The molecule has 0 aliphatic carbocycles. The molecule has 4 rings (SSSR count). The number of hydrogen-bond donors (Lipinski definition) is 2. The molecule has 0 aromatic heterocycles. The van der Waals surface area contributed by atoms with E-state index in [0.29, 0.717) is 26.3 Å². The fourth-order valence-electron chi connectivity index (χ4n) is 6.84. The zero-order valence-electron chi connectivity index (χ0n) is 28.7. The van der Waals surface area contributed by atoms with Gasteiger partial charge in [0.2, 0.25) is 0 Å². The summed E-state index contributed by atoms with van der Waals surface area (Å²) in [6, 6.07) is 42.3. The molecular formula is C39H53NO4Si2. The van der Waals surface area contributed by atoms with Crippen LogP contribution in [0.1, 0.15) is 48.5 Å². The molecule has 246 valence electrons. The van der Waals surface area contributed by atoms with Crippen molar-refractivity contribution >= 4 is 37.4 Å². The summed E-state index contributed by atoms with van der Waals surface area (Å²) in [4.78, 5) is 1.90. The third-order valence-electron chi connectivity index (χ3n) is 9.03. The van der Waals surface area contributed by atoms with Crippen molar-refractivity contribution in [3.05, 3.63) is 121 Å². The maximum Gasteiger partial charge on any atom is 0.261 e. The molecule has 0 amide bonds. The summed E-state index contributed by atoms with van der Waals surface area (Å²) < 4.78 is 14.3. The lowest BCUT2D eigenvalue weighted by Gasteiger charge is -2.44. The van der Waals surface area contributed by atoms with Crippen LogP contribution in [0.5, 0.6) is 0 Å². The molecular weight excluding hydrogens is 603 g/mol. The summed E-state index contributed by atoms with van der Waals surface area (Å²) in [5, 5.41) is 26.3. The maximum absolute atomic E-state index is 11.2. The minimum Gasteiger partial charge on any atom is -0.406 e. The molecule has 4 aromatic carbocycles. The van der Waals surface area contributed by atoms with Crippen LogP contribution in [0, 0.1) is 0 Å². The molecule has 0 aliphatic heterocycles. The summed E-state index contributed by atoms with van der Waals surface area (Å²) >= 11 is 0. The minimum atomic E-state index is -2.75. The fraction of sp³-hybridized carbons (Fsp3) is 0.385. The number of benzene rings is 4. The van der Waals surface area contributed by atoms with E-state index in [-0.39, 0.29) is 10.1 Å². The molecule has 2 unspecified atom stereocenters. The van der Waals surface area contributed by atoms with Gasteiger partial charge in [-0.3, -0.25) is 4.90 Å². The molecule has 46 heavy (non-hydrogen) atoms. The van der Waals surface area contributed by atoms with Crippen LogP contribution in [0.3, 0.4) is 0 Å². The van der Waals surface area contributed by atoms with E-state index in [1.165, 1.54) is 20.7 Å². The highest BCUT2D eigenvalue weighted by Gasteiger charge is 2.51. The first-order chi connectivity index (χ1) is 21.8. The maximum atomic E-state index is 11.2. The van der Waals surface area contributed by atoms with Crippen LogP contribution in [0.25, 0.3) is 0 Å². The van der Waals surface area contributed by atoms with Gasteiger partial charge < -0.3 is 19.1 Å². The zero-order chi connectivity index (χ0) is 33.4. The Labute approximate surface area is 279 Å². The molecule has 4 aromatic rings. The second kappa shape index (κ2) is 15.3. The molecule has 0 saturated heterocycles. The van der Waals surface area contributed by atoms with Crippen LogP contribution in [0.2, 0.25) is 10.1 Å². The lowest BCUT2D eigenvalue weighted by Crippen LogP contribution is -2.67. The van der Waals surface area contributed by atoms with E-state index in [9.17, 15) is 10.2 Å². The van der Waals surface area contributed by atoms with Gasteiger partial charge in [-0.1, -0.05) is 163 Å². The average molecular weight is 656 g/mol. The Balaban J connectivity index is 1.62. The van der Waals surface area contributed by atoms with Crippen LogP contribution in [0.4, 0.5) is 0 Å². The van der Waals surface area contributed by atoms with Crippen molar-refractivity contribution in [3.63, 3.8) is 0 Å². The van der Waals surface area contributed by atoms with Crippen molar-refractivity contribution in [2.24, 2.45) is 0 Å². The normalized spacial score (nSPS) is 14.3. The van der Waals surface area contributed by atoms with Crippen LogP contribution >= 0.6 is 0 Å². The Morgan fingerprint density at radius 1 is 0.522 bits per heavy atom. The van der Waals surface area contributed by atoms with Gasteiger partial charge in [0.05, 0.1) is 6.10 Å². The van der Waals surface area contributed by atoms with E-state index in [4.69, 9.17) is 8.85 Å². The summed E-state index contributed by atoms with van der Waals surface area (Å²) in [6.45, 7) is 16.9. The summed E-state index contributed by atoms with van der Waals surface area (Å²) in [5.74, 6) is 0. The zero-order valence-corrected chi connectivity index (χ0v) is 30.7. The largest absolute Gasteiger partial charge is 0.406 e. The van der Waals surface area contributed by atoms with E-state index in [0.717, 1.165) is 0 Å². The standard InChI is InChI=1S/C39H53NO4Si2/c1-32(41)37(42)40(28-30-43-45(38(2,3)4,33-20-12-8-13-21-33)34-22-14-9-15-23-34)29-31-44-46(39(5,6)7,35-24-16-10-17-25-35)36-26-18-11-19-27-36/h8-27,32,37,41-42H,28-31H2,1-7H3. The summed E-state index contributed by atoms with van der Waals surface area (Å²) in [5.41, 5.74) is 0. The van der Waals surface area contributed by atoms with E-state index in [1.807, 2.05) is 29.2 Å². The molecule has 0 saturated carbocycles. The second-order valence-electron chi connectivity index (χ2n) is 14.2. The molecule has 2 N–H and O–H groups in total. The molecule has 0 spiro atoms. The van der Waals surface area contributed by atoms with E-state index < -0.39 is 29.0 Å². The van der Waals surface area contributed by atoms with E-state index in [2.05, 4.69) is 139 Å². The number of rotatable bonds is 14. The number of aliphatic hydroxyl groups excluding tert-OH is 2. The number of hydrogen-bond acceptors (Lipinski definition) is 5. The van der Waals surface area contributed by atoms with Gasteiger partial charge in [0.25, 0.3) is 16.6 Å². The van der Waals surface area contributed by atoms with Crippen LogP contribution in [-0.4, -0.2) is 70.4 Å². The quantitative estimate of drug-likeness (QED) is 0.146. The van der Waals surface area contributed by atoms with Crippen LogP contribution < -0.4 is 20.7 Å². The highest BCUT2D eigenvalue weighted by atomic mass is 28.4. The topological polar surface area (TPSA) is 62.2 Å². The Kier molecular flexibility index (Phi) is 12.0. The van der Waals surface area contributed by atoms with Crippen molar-refractivity contribution in [1.29, 1.82) is 0 Å². The Hall–Kier alpha value is -2.89. The van der Waals surface area contributed by atoms with Gasteiger partial charge in [0.1, 0.15) is 6.23 Å². The third-order valence-corrected chi connectivity index (χ3v) is 19.1. The van der Waals surface area contributed by atoms with Gasteiger partial charge in [-0.25, -0.2) is 0 Å². The van der Waals surface area contributed by atoms with Crippen molar-refractivity contribution in [2.75, 3.05) is 26.3 Å². The molecule has 2 atom stereocenters. The molecule has 0 aliphatic rings. The molecule has 0 radical (unpaired) electrons. The minimum absolute atomic E-state index is 0.157. The smallest absolute Gasteiger partial charge is 0.261 e. The summed E-state index contributed by atoms with van der Waals surface area (Å²) in [7, 11) is -5.50. The van der Waals surface area contributed by atoms with Gasteiger partial charge >= 0.3 is 0 Å². The van der Waals surface area contributed by atoms with Crippen molar-refractivity contribution in [1.82, 2.24) is 4.90 Å². The molecule has 7 heteroatoms. The lowest BCUT2D eigenvalue weighted by atomic mass is 10.2. The highest BCUT2D eigenvalue weighted by Crippen LogP contribution is 2.38. The van der Waals surface area contributed by atoms with E-state index >= 15 is 0 Å². The second-order valence-corrected chi connectivity index (χ2v) is 22.8. The predicted molar refractivity (Wildman–Crippen MR) is 196 cm³/mol. The van der Waals surface area contributed by atoms with Crippen molar-refractivity contribution in [3.8, 4) is 0 Å². The summed E-state index contributed by atoms with van der Waals surface area (Å²) in [6.07, 6.45) is -1.98. The van der Waals surface area contributed by atoms with E-state index in [1.54, 1.807) is 6.92 Å². The van der Waals surface area contributed by atoms with Crippen molar-refractivity contribution in [2.45, 2.75) is 70.9 Å². The van der Waals surface area contributed by atoms with Crippen molar-refractivity contribution < 1.29 is 19.1 Å². The van der Waals surface area contributed by atoms with Gasteiger partial charge in [-0.15, -0.1) is 0 Å². The predicted octanol–water partition coefficient (Wildman–Crippen LogP) is 5.14. The first-order valence-electron chi connectivity index (χ1n) is 16.4. The lowest BCUT2D eigenvalue weighted by molar-refractivity contribution is -0.0825. The third kappa shape index (κ3) is 7.63. The monoisotopic (exact) mass is 655 g/mol. The Morgan fingerprint density at radius 2 is 0.783 bits per heavy atom. The average Bonchev–Trinajstić information content (AvgIpc) is 3.04. The Bertz CT molecular complexity index is 1270. The van der Waals surface area contributed by atoms with Crippen LogP contribution in [0.15, 0.2) is 121 Å². The highest BCUT2D eigenvalue weighted by molar-refractivity contribution is 7.00. The number of nitrogens with zero attached hydrogens (tertiary/aromatic N) is 1. The molecule has 0 heterocycles.